The number of amides is 2. The molecule has 35 heavy (non-hydrogen) atoms. The normalized spacial score (nSPS) is 14.4. The molecule has 3 N–H and O–H groups in total. The van der Waals surface area contributed by atoms with E-state index in [0.29, 0.717) is 44.2 Å². The van der Waals surface area contributed by atoms with E-state index in [1.54, 1.807) is 29.2 Å². The largest absolute Gasteiger partial charge is 0.457 e. The van der Waals surface area contributed by atoms with Crippen molar-refractivity contribution < 1.29 is 27.5 Å². The lowest BCUT2D eigenvalue weighted by Gasteiger charge is -2.34. The number of hydrogen-bond donors (Lipinski definition) is 2. The van der Waals surface area contributed by atoms with Crippen LogP contribution in [0.2, 0.25) is 0 Å². The Balaban J connectivity index is 1.57. The van der Waals surface area contributed by atoms with Crippen molar-refractivity contribution in [1.82, 2.24) is 15.1 Å². The van der Waals surface area contributed by atoms with Crippen LogP contribution in [0.4, 0.5) is 18.0 Å². The van der Waals surface area contributed by atoms with Gasteiger partial charge >= 0.3 is 12.2 Å². The molecular weight excluding hydrogens is 463 g/mol. The quantitative estimate of drug-likeness (QED) is 0.346. The van der Waals surface area contributed by atoms with Gasteiger partial charge in [-0.2, -0.15) is 24.3 Å². The maximum Gasteiger partial charge on any atom is 0.417 e. The zero-order chi connectivity index (χ0) is 25.4. The van der Waals surface area contributed by atoms with Crippen LogP contribution in [0.5, 0.6) is 11.5 Å². The fourth-order valence-electron chi connectivity index (χ4n) is 3.51. The first-order valence-electron chi connectivity index (χ1n) is 10.6. The second kappa shape index (κ2) is 11.4. The van der Waals surface area contributed by atoms with Crippen molar-refractivity contribution >= 4 is 6.03 Å². The second-order valence-electron chi connectivity index (χ2n) is 7.72. The number of rotatable bonds is 7. The topological polar surface area (TPSA) is 104 Å². The number of allylic oxidation sites excluding steroid dienone is 1. The Bertz CT molecular complexity index is 1140. The van der Waals surface area contributed by atoms with E-state index in [2.05, 4.69) is 21.6 Å². The van der Waals surface area contributed by atoms with Gasteiger partial charge in [-0.3, -0.25) is 4.90 Å². The number of carbonyl (C=O) groups is 1. The summed E-state index contributed by atoms with van der Waals surface area (Å²) in [6.45, 7) is 6.56. The van der Waals surface area contributed by atoms with Gasteiger partial charge in [-0.05, 0) is 42.0 Å². The highest BCUT2D eigenvalue weighted by Crippen LogP contribution is 2.35. The molecule has 3 rings (SSSR count). The van der Waals surface area contributed by atoms with Crippen molar-refractivity contribution in [3.8, 4) is 17.6 Å². The lowest BCUT2D eigenvalue weighted by atomic mass is 10.1. The highest BCUT2D eigenvalue weighted by molar-refractivity contribution is 5.76. The molecular formula is C24H24F3N5O3. The zero-order valence-electron chi connectivity index (χ0n) is 18.7. The summed E-state index contributed by atoms with van der Waals surface area (Å²) in [6.07, 6.45) is -2.02. The van der Waals surface area contributed by atoms with E-state index >= 15 is 0 Å². The molecule has 1 aliphatic heterocycles. The van der Waals surface area contributed by atoms with Gasteiger partial charge in [0.25, 0.3) is 0 Å². The number of hydrogen-bond acceptors (Lipinski definition) is 6. The molecule has 1 heterocycles. The standard InChI is InChI=1S/C24H24F3N5O3/c1-17(7-12-34-29)30-23(33)32-10-8-31(9-11-32)16-18-3-2-4-20(13-18)35-21-6-5-19(15-28)22(14-21)24(25,26)27/h2-7,12-14H,1,8-11,16,29H2,(H,30,33)/b12-7-. The number of nitrogens with one attached hydrogen (secondary N) is 1. The Morgan fingerprint density at radius 2 is 1.89 bits per heavy atom. The average Bonchev–Trinajstić information content (AvgIpc) is 2.83. The number of benzene rings is 2. The molecule has 0 radical (unpaired) electrons. The summed E-state index contributed by atoms with van der Waals surface area (Å²) >= 11 is 0. The number of ether oxygens (including phenoxy) is 1. The summed E-state index contributed by atoms with van der Waals surface area (Å²) in [5.74, 6) is 5.26. The Kier molecular flexibility index (Phi) is 8.35. The Morgan fingerprint density at radius 3 is 2.54 bits per heavy atom. The van der Waals surface area contributed by atoms with Crippen LogP contribution in [0.15, 0.2) is 67.1 Å². The Morgan fingerprint density at radius 1 is 1.17 bits per heavy atom. The molecule has 0 spiro atoms. The van der Waals surface area contributed by atoms with Gasteiger partial charge in [0.05, 0.1) is 17.2 Å². The SMILES string of the molecule is C=C(/C=C\ON)NC(=O)N1CCN(Cc2cccc(Oc3ccc(C#N)c(C(F)(F)F)c3)c2)CC1. The molecule has 2 aromatic carbocycles. The van der Waals surface area contributed by atoms with Gasteiger partial charge in [-0.25, -0.2) is 4.79 Å². The monoisotopic (exact) mass is 487 g/mol. The third kappa shape index (κ3) is 7.23. The lowest BCUT2D eigenvalue weighted by Crippen LogP contribution is -2.51. The van der Waals surface area contributed by atoms with Gasteiger partial charge < -0.3 is 19.8 Å². The van der Waals surface area contributed by atoms with Crippen molar-refractivity contribution in [2.24, 2.45) is 5.90 Å². The molecule has 0 bridgehead atoms. The van der Waals surface area contributed by atoms with Crippen LogP contribution in [-0.4, -0.2) is 42.0 Å². The van der Waals surface area contributed by atoms with Crippen molar-refractivity contribution in [1.29, 1.82) is 5.26 Å². The van der Waals surface area contributed by atoms with Crippen molar-refractivity contribution in [2.75, 3.05) is 26.2 Å². The number of nitrogens with two attached hydrogens (primary N) is 1. The number of carbonyl (C=O) groups excluding carboxylic acids is 1. The highest BCUT2D eigenvalue weighted by Gasteiger charge is 2.34. The Hall–Kier alpha value is -4.01. The third-order valence-electron chi connectivity index (χ3n) is 5.23. The molecule has 1 fully saturated rings. The number of halogens is 3. The number of nitrogens with zero attached hydrogens (tertiary/aromatic N) is 3. The van der Waals surface area contributed by atoms with Crippen molar-refractivity contribution in [2.45, 2.75) is 12.7 Å². The smallest absolute Gasteiger partial charge is 0.417 e. The lowest BCUT2D eigenvalue weighted by molar-refractivity contribution is -0.137. The van der Waals surface area contributed by atoms with E-state index in [0.717, 1.165) is 17.7 Å². The third-order valence-corrected chi connectivity index (χ3v) is 5.23. The van der Waals surface area contributed by atoms with Crippen molar-refractivity contribution in [3.05, 3.63) is 83.8 Å². The first-order valence-corrected chi connectivity index (χ1v) is 10.6. The van der Waals surface area contributed by atoms with Gasteiger partial charge in [0.2, 0.25) is 0 Å². The van der Waals surface area contributed by atoms with Crippen molar-refractivity contribution in [3.63, 3.8) is 0 Å². The number of piperazine rings is 1. The van der Waals surface area contributed by atoms with Gasteiger partial charge in [-0.15, -0.1) is 0 Å². The first-order chi connectivity index (χ1) is 16.7. The highest BCUT2D eigenvalue weighted by atomic mass is 19.4. The second-order valence-corrected chi connectivity index (χ2v) is 7.72. The van der Waals surface area contributed by atoms with E-state index < -0.39 is 17.3 Å². The van der Waals surface area contributed by atoms with Gasteiger partial charge in [-0.1, -0.05) is 18.7 Å². The number of alkyl halides is 3. The number of nitriles is 1. The van der Waals surface area contributed by atoms with Crippen LogP contribution >= 0.6 is 0 Å². The van der Waals surface area contributed by atoms with Gasteiger partial charge in [0.1, 0.15) is 17.8 Å². The molecule has 1 aliphatic rings. The fourth-order valence-corrected chi connectivity index (χ4v) is 3.51. The molecule has 184 valence electrons. The van der Waals surface area contributed by atoms with E-state index in [9.17, 15) is 18.0 Å². The minimum Gasteiger partial charge on any atom is -0.457 e. The maximum absolute atomic E-state index is 13.2. The minimum absolute atomic E-state index is 0.0115. The van der Waals surface area contributed by atoms with Gasteiger partial charge in [0.15, 0.2) is 0 Å². The van der Waals surface area contributed by atoms with E-state index in [1.165, 1.54) is 18.4 Å². The van der Waals surface area contributed by atoms with E-state index in [1.807, 2.05) is 6.07 Å². The van der Waals surface area contributed by atoms with Crippen LogP contribution in [0.25, 0.3) is 0 Å². The van der Waals surface area contributed by atoms with E-state index in [4.69, 9.17) is 15.9 Å². The first kappa shape index (κ1) is 25.6. The summed E-state index contributed by atoms with van der Waals surface area (Å²) in [5, 5.41) is 11.6. The van der Waals surface area contributed by atoms with E-state index in [-0.39, 0.29) is 11.8 Å². The maximum atomic E-state index is 13.2. The fraction of sp³-hybridized carbons (Fsp3) is 0.250. The summed E-state index contributed by atoms with van der Waals surface area (Å²) in [4.78, 5) is 20.4. The molecule has 2 aromatic rings. The van der Waals surface area contributed by atoms with Crippen LogP contribution < -0.4 is 16.0 Å². The molecule has 0 aromatic heterocycles. The summed E-state index contributed by atoms with van der Waals surface area (Å²) < 4.78 is 45.3. The predicted octanol–water partition coefficient (Wildman–Crippen LogP) is 4.11. The number of urea groups is 1. The van der Waals surface area contributed by atoms with Crippen LogP contribution in [0.3, 0.4) is 0 Å². The predicted molar refractivity (Wildman–Crippen MR) is 122 cm³/mol. The van der Waals surface area contributed by atoms with Gasteiger partial charge in [0, 0.05) is 38.4 Å². The van der Waals surface area contributed by atoms with Crippen LogP contribution in [-0.2, 0) is 17.6 Å². The van der Waals surface area contributed by atoms with Crippen LogP contribution in [0.1, 0.15) is 16.7 Å². The average molecular weight is 487 g/mol. The summed E-state index contributed by atoms with van der Waals surface area (Å²) in [5.41, 5.74) is -0.241. The molecule has 1 saturated heterocycles. The summed E-state index contributed by atoms with van der Waals surface area (Å²) in [7, 11) is 0. The molecule has 0 aliphatic carbocycles. The minimum atomic E-state index is -4.66. The molecule has 0 unspecified atom stereocenters. The molecule has 0 atom stereocenters. The summed E-state index contributed by atoms with van der Waals surface area (Å²) in [6, 6.07) is 11.6. The van der Waals surface area contributed by atoms with Crippen LogP contribution in [0, 0.1) is 11.3 Å². The molecule has 0 saturated carbocycles. The molecule has 2 amide bonds. The Labute approximate surface area is 200 Å². The zero-order valence-corrected chi connectivity index (χ0v) is 18.7. The molecule has 11 heteroatoms. The molecule has 8 nitrogen and oxygen atoms in total.